The number of benzene rings is 2. The fourth-order valence-corrected chi connectivity index (χ4v) is 4.26. The lowest BCUT2D eigenvalue weighted by atomic mass is 10.1. The zero-order valence-electron chi connectivity index (χ0n) is 17.5. The number of hydrogen-bond acceptors (Lipinski definition) is 4. The highest BCUT2D eigenvalue weighted by molar-refractivity contribution is 7.14. The first-order valence-corrected chi connectivity index (χ1v) is 11.0. The minimum absolute atomic E-state index is 0.00206. The van der Waals surface area contributed by atoms with Gasteiger partial charge in [0.25, 0.3) is 5.91 Å². The van der Waals surface area contributed by atoms with Crippen LogP contribution in [0.1, 0.15) is 29.3 Å². The molecule has 0 saturated heterocycles. The van der Waals surface area contributed by atoms with E-state index in [-0.39, 0.29) is 11.8 Å². The van der Waals surface area contributed by atoms with Crippen LogP contribution in [0.4, 0.5) is 5.13 Å². The Morgan fingerprint density at radius 2 is 1.87 bits per heavy atom. The smallest absolute Gasteiger partial charge is 0.259 e. The average Bonchev–Trinajstić information content (AvgIpc) is 3.36. The number of aryl methyl sites for hydroxylation is 2. The van der Waals surface area contributed by atoms with Crippen LogP contribution >= 0.6 is 11.3 Å². The van der Waals surface area contributed by atoms with Crippen LogP contribution in [0.25, 0.3) is 22.2 Å². The quantitative estimate of drug-likeness (QED) is 0.418. The Hall–Kier alpha value is -3.45. The number of carbonyl (C=O) groups is 2. The molecule has 158 valence electrons. The van der Waals surface area contributed by atoms with Crippen molar-refractivity contribution in [2.24, 2.45) is 7.05 Å². The number of fused-ring (bicyclic) bond motifs is 1. The molecule has 6 nitrogen and oxygen atoms in total. The van der Waals surface area contributed by atoms with Crippen LogP contribution in [0.5, 0.6) is 0 Å². The SMILES string of the molecule is CC(=O)NCCCc1ccc(-c2csc(NC(=O)c3cn(C)c4ccccc34)n2)cc1. The van der Waals surface area contributed by atoms with Crippen molar-refractivity contribution < 1.29 is 9.59 Å². The molecule has 7 heteroatoms. The zero-order chi connectivity index (χ0) is 21.8. The molecule has 0 bridgehead atoms. The van der Waals surface area contributed by atoms with Crippen molar-refractivity contribution in [2.45, 2.75) is 19.8 Å². The Bertz CT molecular complexity index is 1220. The number of aromatic nitrogens is 2. The Balaban J connectivity index is 1.41. The number of rotatable bonds is 7. The van der Waals surface area contributed by atoms with Gasteiger partial charge in [-0.2, -0.15) is 0 Å². The molecule has 0 fully saturated rings. The molecular formula is C24H24N4O2S. The summed E-state index contributed by atoms with van der Waals surface area (Å²) in [6.45, 7) is 2.21. The van der Waals surface area contributed by atoms with E-state index in [1.54, 1.807) is 0 Å². The van der Waals surface area contributed by atoms with Crippen molar-refractivity contribution in [1.82, 2.24) is 14.9 Å². The summed E-state index contributed by atoms with van der Waals surface area (Å²) in [5.74, 6) is -0.158. The minimum atomic E-state index is -0.160. The summed E-state index contributed by atoms with van der Waals surface area (Å²) < 4.78 is 1.95. The molecule has 0 unspecified atom stereocenters. The molecule has 2 N–H and O–H groups in total. The average molecular weight is 433 g/mol. The van der Waals surface area contributed by atoms with Crippen LogP contribution in [0.15, 0.2) is 60.1 Å². The van der Waals surface area contributed by atoms with Crippen molar-refractivity contribution in [1.29, 1.82) is 0 Å². The van der Waals surface area contributed by atoms with E-state index in [4.69, 9.17) is 0 Å². The van der Waals surface area contributed by atoms with Crippen LogP contribution in [-0.4, -0.2) is 27.9 Å². The second kappa shape index (κ2) is 9.14. The summed E-state index contributed by atoms with van der Waals surface area (Å²) in [6, 6.07) is 16.1. The van der Waals surface area contributed by atoms with E-state index in [2.05, 4.69) is 27.8 Å². The first-order chi connectivity index (χ1) is 15.0. The van der Waals surface area contributed by atoms with Crippen LogP contribution < -0.4 is 10.6 Å². The molecule has 4 aromatic rings. The van der Waals surface area contributed by atoms with Crippen LogP contribution in [0.2, 0.25) is 0 Å². The molecule has 0 radical (unpaired) electrons. The number of para-hydroxylation sites is 1. The summed E-state index contributed by atoms with van der Waals surface area (Å²) in [6.07, 6.45) is 3.66. The van der Waals surface area contributed by atoms with Crippen molar-refractivity contribution in [3.63, 3.8) is 0 Å². The third-order valence-corrected chi connectivity index (χ3v) is 5.89. The molecule has 2 aromatic heterocycles. The van der Waals surface area contributed by atoms with E-state index in [0.29, 0.717) is 17.2 Å². The molecule has 0 aliphatic heterocycles. The molecule has 4 rings (SSSR count). The largest absolute Gasteiger partial charge is 0.356 e. The highest BCUT2D eigenvalue weighted by Gasteiger charge is 2.15. The Morgan fingerprint density at radius 1 is 1.10 bits per heavy atom. The van der Waals surface area contributed by atoms with Gasteiger partial charge in [-0.25, -0.2) is 4.98 Å². The van der Waals surface area contributed by atoms with Crippen LogP contribution in [0, 0.1) is 0 Å². The maximum Gasteiger partial charge on any atom is 0.259 e. The lowest BCUT2D eigenvalue weighted by molar-refractivity contribution is -0.118. The van der Waals surface area contributed by atoms with E-state index in [1.807, 2.05) is 59.6 Å². The first kappa shape index (κ1) is 20.8. The van der Waals surface area contributed by atoms with Gasteiger partial charge in [-0.3, -0.25) is 14.9 Å². The number of thiazole rings is 1. The van der Waals surface area contributed by atoms with Gasteiger partial charge in [0.15, 0.2) is 5.13 Å². The van der Waals surface area contributed by atoms with E-state index >= 15 is 0 Å². The van der Waals surface area contributed by atoms with Gasteiger partial charge in [0.05, 0.1) is 11.3 Å². The predicted octanol–water partition coefficient (Wildman–Crippen LogP) is 4.62. The molecule has 2 aromatic carbocycles. The van der Waals surface area contributed by atoms with Gasteiger partial charge in [-0.15, -0.1) is 11.3 Å². The highest BCUT2D eigenvalue weighted by Crippen LogP contribution is 2.27. The Labute approximate surface area is 184 Å². The molecule has 31 heavy (non-hydrogen) atoms. The second-order valence-electron chi connectivity index (χ2n) is 7.45. The second-order valence-corrected chi connectivity index (χ2v) is 8.30. The van der Waals surface area contributed by atoms with Crippen molar-refractivity contribution >= 4 is 39.2 Å². The van der Waals surface area contributed by atoms with Crippen molar-refractivity contribution in [3.8, 4) is 11.3 Å². The number of nitrogens with zero attached hydrogens (tertiary/aromatic N) is 2. The number of anilines is 1. The van der Waals surface area contributed by atoms with Crippen molar-refractivity contribution in [2.75, 3.05) is 11.9 Å². The number of nitrogens with one attached hydrogen (secondary N) is 2. The molecule has 0 spiro atoms. The standard InChI is InChI=1S/C24H24N4O2S/c1-16(29)25-13-5-6-17-9-11-18(12-10-17)21-15-31-24(26-21)27-23(30)20-14-28(2)22-8-4-3-7-19(20)22/h3-4,7-12,14-15H,5-6,13H2,1-2H3,(H,25,29)(H,26,27,30). The lowest BCUT2D eigenvalue weighted by Crippen LogP contribution is -2.21. The summed E-state index contributed by atoms with van der Waals surface area (Å²) >= 11 is 1.41. The Morgan fingerprint density at radius 3 is 2.65 bits per heavy atom. The lowest BCUT2D eigenvalue weighted by Gasteiger charge is -2.04. The van der Waals surface area contributed by atoms with Crippen molar-refractivity contribution in [3.05, 3.63) is 71.2 Å². The summed E-state index contributed by atoms with van der Waals surface area (Å²) in [5, 5.41) is 9.19. The summed E-state index contributed by atoms with van der Waals surface area (Å²) in [7, 11) is 1.93. The normalized spacial score (nSPS) is 10.9. The molecule has 0 aliphatic carbocycles. The molecule has 2 heterocycles. The van der Waals surface area contributed by atoms with Gasteiger partial charge in [-0.1, -0.05) is 42.5 Å². The summed E-state index contributed by atoms with van der Waals surface area (Å²) in [4.78, 5) is 28.3. The fourth-order valence-electron chi connectivity index (χ4n) is 3.55. The number of hydrogen-bond donors (Lipinski definition) is 2. The highest BCUT2D eigenvalue weighted by atomic mass is 32.1. The van der Waals surface area contributed by atoms with Crippen LogP contribution in [-0.2, 0) is 18.3 Å². The third kappa shape index (κ3) is 4.83. The fraction of sp³-hybridized carbons (Fsp3) is 0.208. The van der Waals surface area contributed by atoms with Gasteiger partial charge < -0.3 is 9.88 Å². The van der Waals surface area contributed by atoms with Gasteiger partial charge in [0, 0.05) is 48.6 Å². The monoisotopic (exact) mass is 432 g/mol. The number of amides is 2. The van der Waals surface area contributed by atoms with Gasteiger partial charge in [0.2, 0.25) is 5.91 Å². The Kier molecular flexibility index (Phi) is 6.13. The predicted molar refractivity (Wildman–Crippen MR) is 125 cm³/mol. The zero-order valence-corrected chi connectivity index (χ0v) is 18.3. The minimum Gasteiger partial charge on any atom is -0.356 e. The third-order valence-electron chi connectivity index (χ3n) is 5.13. The van der Waals surface area contributed by atoms with Gasteiger partial charge in [0.1, 0.15) is 0 Å². The molecule has 0 saturated carbocycles. The van der Waals surface area contributed by atoms with E-state index in [1.165, 1.54) is 23.8 Å². The maximum atomic E-state index is 12.8. The first-order valence-electron chi connectivity index (χ1n) is 10.2. The topological polar surface area (TPSA) is 76.0 Å². The molecule has 2 amide bonds. The van der Waals surface area contributed by atoms with E-state index in [9.17, 15) is 9.59 Å². The number of carbonyl (C=O) groups excluding carboxylic acids is 2. The van der Waals surface area contributed by atoms with Gasteiger partial charge >= 0.3 is 0 Å². The molecule has 0 aliphatic rings. The molecule has 0 atom stereocenters. The summed E-state index contributed by atoms with van der Waals surface area (Å²) in [5.41, 5.74) is 4.72. The van der Waals surface area contributed by atoms with E-state index in [0.717, 1.165) is 35.0 Å². The van der Waals surface area contributed by atoms with E-state index < -0.39 is 0 Å². The molecular weight excluding hydrogens is 408 g/mol. The maximum absolute atomic E-state index is 12.8. The van der Waals surface area contributed by atoms with Crippen LogP contribution in [0.3, 0.4) is 0 Å². The van der Waals surface area contributed by atoms with Gasteiger partial charge in [-0.05, 0) is 24.5 Å².